The zero-order valence-corrected chi connectivity index (χ0v) is 18.6. The van der Waals surface area contributed by atoms with E-state index in [0.717, 1.165) is 29.5 Å². The molecule has 1 aromatic heterocycles. The van der Waals surface area contributed by atoms with Gasteiger partial charge in [0.05, 0.1) is 22.7 Å². The minimum absolute atomic E-state index is 0.0559. The van der Waals surface area contributed by atoms with Crippen LogP contribution >= 0.6 is 11.3 Å². The Kier molecular flexibility index (Phi) is 6.91. The Morgan fingerprint density at radius 3 is 2.48 bits per heavy atom. The number of nitrogens with zero attached hydrogens (tertiary/aromatic N) is 3. The number of benzene rings is 2. The van der Waals surface area contributed by atoms with E-state index >= 15 is 0 Å². The molecule has 2 amide bonds. The maximum absolute atomic E-state index is 13.9. The number of carbonyl (C=O) groups is 2. The molecule has 0 aliphatic rings. The molecule has 3 aromatic rings. The van der Waals surface area contributed by atoms with Crippen molar-refractivity contribution in [3.8, 4) is 11.1 Å². The van der Waals surface area contributed by atoms with Gasteiger partial charge in [0.25, 0.3) is 5.91 Å². The monoisotopic (exact) mass is 463 g/mol. The number of amides is 2. The van der Waals surface area contributed by atoms with Gasteiger partial charge < -0.3 is 0 Å². The average Bonchev–Trinajstić information content (AvgIpc) is 3.11. The van der Waals surface area contributed by atoms with E-state index in [1.807, 2.05) is 0 Å². The molecule has 2 aromatic carbocycles. The number of thiol groups is 1. The predicted molar refractivity (Wildman–Crippen MR) is 117 cm³/mol. The zero-order valence-electron chi connectivity index (χ0n) is 16.9. The quantitative estimate of drug-likeness (QED) is 0.576. The van der Waals surface area contributed by atoms with Crippen LogP contribution in [0.5, 0.6) is 0 Å². The van der Waals surface area contributed by atoms with E-state index in [-0.39, 0.29) is 17.9 Å². The van der Waals surface area contributed by atoms with Gasteiger partial charge in [0.2, 0.25) is 5.91 Å². The van der Waals surface area contributed by atoms with Crippen molar-refractivity contribution in [2.75, 3.05) is 11.9 Å². The Labute approximate surface area is 183 Å². The summed E-state index contributed by atoms with van der Waals surface area (Å²) in [6.45, 7) is 2.86. The fraction of sp³-hybridized carbons (Fsp3) is 0.190. The van der Waals surface area contributed by atoms with E-state index in [4.69, 9.17) is 0 Å². The van der Waals surface area contributed by atoms with Gasteiger partial charge in [0, 0.05) is 19.5 Å². The number of carbonyl (C=O) groups excluding carboxylic acids is 2. The normalized spacial score (nSPS) is 12.0. The number of rotatable bonds is 5. The number of thiazole rings is 1. The van der Waals surface area contributed by atoms with Crippen LogP contribution in [0.3, 0.4) is 0 Å². The molecule has 1 atom stereocenters. The summed E-state index contributed by atoms with van der Waals surface area (Å²) in [6, 6.07) is 9.84. The summed E-state index contributed by atoms with van der Waals surface area (Å²) in [4.78, 5) is 29.3. The van der Waals surface area contributed by atoms with E-state index in [1.165, 1.54) is 11.8 Å². The Hall–Kier alpha value is -2.98. The molecule has 0 aliphatic carbocycles. The van der Waals surface area contributed by atoms with Gasteiger partial charge in [-0.05, 0) is 36.2 Å². The molecule has 0 saturated heterocycles. The Balaban J connectivity index is 1.75. The number of halogens is 2. The molecular formula is C21H19F2N3O3S2. The van der Waals surface area contributed by atoms with Gasteiger partial charge in [0.15, 0.2) is 5.13 Å². The van der Waals surface area contributed by atoms with Crippen LogP contribution in [-0.2, 0) is 26.6 Å². The number of anilines is 1. The topological polar surface area (TPSA) is 79.7 Å². The highest BCUT2D eigenvalue weighted by Gasteiger charge is 2.18. The van der Waals surface area contributed by atoms with E-state index in [9.17, 15) is 22.6 Å². The van der Waals surface area contributed by atoms with Gasteiger partial charge >= 0.3 is 0 Å². The third-order valence-corrected chi connectivity index (χ3v) is 7.29. The molecule has 3 rings (SSSR count). The van der Waals surface area contributed by atoms with Crippen molar-refractivity contribution in [2.24, 2.45) is 4.36 Å². The van der Waals surface area contributed by atoms with Crippen molar-refractivity contribution < 1.29 is 22.6 Å². The van der Waals surface area contributed by atoms with Crippen molar-refractivity contribution in [1.29, 1.82) is 0 Å². The van der Waals surface area contributed by atoms with Crippen LogP contribution in [0.4, 0.5) is 13.9 Å². The predicted octanol–water partition coefficient (Wildman–Crippen LogP) is 4.17. The smallest absolute Gasteiger partial charge is 0.250 e. The van der Waals surface area contributed by atoms with Gasteiger partial charge in [-0.1, -0.05) is 35.6 Å². The van der Waals surface area contributed by atoms with Crippen LogP contribution in [0, 0.1) is 18.6 Å². The van der Waals surface area contributed by atoms with Crippen molar-refractivity contribution >= 4 is 38.9 Å². The summed E-state index contributed by atoms with van der Waals surface area (Å²) < 4.78 is 43.4. The third-order valence-electron chi connectivity index (χ3n) is 4.38. The van der Waals surface area contributed by atoms with Crippen LogP contribution in [0.25, 0.3) is 11.1 Å². The van der Waals surface area contributed by atoms with Gasteiger partial charge in [0.1, 0.15) is 15.8 Å². The number of aromatic nitrogens is 1. The second-order valence-corrected chi connectivity index (χ2v) is 9.20. The first kappa shape index (κ1) is 22.7. The molecule has 10 heteroatoms. The van der Waals surface area contributed by atoms with Crippen molar-refractivity contribution in [1.82, 2.24) is 4.98 Å². The molecule has 1 heterocycles. The van der Waals surface area contributed by atoms with Crippen LogP contribution in [0.15, 0.2) is 51.0 Å². The van der Waals surface area contributed by atoms with Crippen molar-refractivity contribution in [3.05, 3.63) is 65.4 Å². The number of aryl methyl sites for hydroxylation is 1. The molecule has 0 fully saturated rings. The minimum Gasteiger partial charge on any atom is -0.291 e. The minimum atomic E-state index is -2.25. The summed E-state index contributed by atoms with van der Waals surface area (Å²) in [5, 5.41) is 0.345. The summed E-state index contributed by atoms with van der Waals surface area (Å²) in [5.74, 6) is -1.87. The summed E-state index contributed by atoms with van der Waals surface area (Å²) in [5.41, 5.74) is 1.78. The lowest BCUT2D eigenvalue weighted by Crippen LogP contribution is -2.27. The Morgan fingerprint density at radius 2 is 1.84 bits per heavy atom. The van der Waals surface area contributed by atoms with E-state index in [0.29, 0.717) is 26.2 Å². The first-order valence-electron chi connectivity index (χ1n) is 9.13. The molecule has 0 saturated carbocycles. The largest absolute Gasteiger partial charge is 0.291 e. The van der Waals surface area contributed by atoms with Crippen LogP contribution in [0.1, 0.15) is 18.2 Å². The number of likely N-dealkylation sites (N-methyl/N-ethyl adjacent to an activating group) is 1. The maximum atomic E-state index is 13.9. The van der Waals surface area contributed by atoms with Gasteiger partial charge in [-0.25, -0.2) is 18.0 Å². The van der Waals surface area contributed by atoms with Gasteiger partial charge in [-0.2, -0.15) is 4.36 Å². The standard InChI is InChI=1S/C21H19F2N3O3S2/c1-12-20(31(29)25-13(2)27)30-21(24-12)26(3)19(28)10-14-4-6-15(7-5-14)17-11-16(22)8-9-18(17)23/h4-9,11,31H,10H2,1-3H3. The van der Waals surface area contributed by atoms with E-state index in [2.05, 4.69) is 9.35 Å². The van der Waals surface area contributed by atoms with Crippen LogP contribution in [-0.4, -0.2) is 28.1 Å². The molecule has 0 spiro atoms. The van der Waals surface area contributed by atoms with E-state index < -0.39 is 28.1 Å². The van der Waals surface area contributed by atoms with Gasteiger partial charge in [-0.3, -0.25) is 14.5 Å². The molecule has 162 valence electrons. The molecule has 31 heavy (non-hydrogen) atoms. The number of hydrogen-bond donors (Lipinski definition) is 1. The van der Waals surface area contributed by atoms with Crippen LogP contribution in [0.2, 0.25) is 0 Å². The highest BCUT2D eigenvalue weighted by atomic mass is 32.2. The van der Waals surface area contributed by atoms with Crippen molar-refractivity contribution in [3.63, 3.8) is 0 Å². The molecule has 6 nitrogen and oxygen atoms in total. The number of hydrogen-bond acceptors (Lipinski definition) is 5. The van der Waals surface area contributed by atoms with Gasteiger partial charge in [-0.15, -0.1) is 0 Å². The van der Waals surface area contributed by atoms with E-state index in [1.54, 1.807) is 38.2 Å². The highest BCUT2D eigenvalue weighted by molar-refractivity contribution is 7.78. The fourth-order valence-electron chi connectivity index (χ4n) is 2.79. The first-order valence-corrected chi connectivity index (χ1v) is 11.2. The third kappa shape index (κ3) is 5.39. The lowest BCUT2D eigenvalue weighted by Gasteiger charge is -2.14. The molecule has 1 unspecified atom stereocenters. The fourth-order valence-corrected chi connectivity index (χ4v) is 4.93. The lowest BCUT2D eigenvalue weighted by atomic mass is 10.0. The molecule has 0 bridgehead atoms. The second-order valence-electron chi connectivity index (χ2n) is 6.73. The second kappa shape index (κ2) is 9.44. The van der Waals surface area contributed by atoms with Crippen LogP contribution < -0.4 is 4.90 Å². The Morgan fingerprint density at radius 1 is 1.16 bits per heavy atom. The summed E-state index contributed by atoms with van der Waals surface area (Å²) in [7, 11) is -0.700. The lowest BCUT2D eigenvalue weighted by molar-refractivity contribution is -0.118. The SMILES string of the molecule is CC(=O)/N=[SH](=O)\c1sc(N(C)C(=O)Cc2ccc(-c3cc(F)ccc3F)cc2)nc1C. The van der Waals surface area contributed by atoms with Crippen molar-refractivity contribution in [2.45, 2.75) is 24.5 Å². The average molecular weight is 464 g/mol. The molecule has 0 radical (unpaired) electrons. The first-order chi connectivity index (χ1) is 14.7. The molecule has 0 aliphatic heterocycles. The zero-order chi connectivity index (χ0) is 22.7. The molecular weight excluding hydrogens is 444 g/mol. The Bertz CT molecular complexity index is 1230. The highest BCUT2D eigenvalue weighted by Crippen LogP contribution is 2.28. The molecule has 0 N–H and O–H groups in total. The summed E-state index contributed by atoms with van der Waals surface area (Å²) in [6.07, 6.45) is 0.0559. The maximum Gasteiger partial charge on any atom is 0.250 e. The summed E-state index contributed by atoms with van der Waals surface area (Å²) >= 11 is 1.05.